The first kappa shape index (κ1) is 19.3. The molecule has 2 aromatic rings. The van der Waals surface area contributed by atoms with Gasteiger partial charge in [-0.15, -0.1) is 10.2 Å². The van der Waals surface area contributed by atoms with Gasteiger partial charge in [-0.05, 0) is 37.6 Å². The number of carbonyl (C=O) groups is 2. The number of nitrogens with one attached hydrogen (secondary N) is 2. The maximum atomic E-state index is 11.9. The molecule has 0 spiro atoms. The van der Waals surface area contributed by atoms with Gasteiger partial charge in [-0.3, -0.25) is 9.59 Å². The fourth-order valence-electron chi connectivity index (χ4n) is 1.85. The molecule has 0 aliphatic heterocycles. The molecular formula is C16H19ClN4O3S. The number of nitrogens with zero attached hydrogens (tertiary/aromatic N) is 2. The molecule has 0 bridgehead atoms. The number of halogens is 1. The zero-order valence-corrected chi connectivity index (χ0v) is 15.5. The molecular weight excluding hydrogens is 364 g/mol. The number of amides is 2. The number of carbonyl (C=O) groups excluding carboxylic acids is 2. The van der Waals surface area contributed by atoms with Crippen LogP contribution in [0.25, 0.3) is 11.5 Å². The average Bonchev–Trinajstić information content (AvgIpc) is 3.07. The minimum Gasteiger partial charge on any atom is -0.411 e. The van der Waals surface area contributed by atoms with Crippen LogP contribution in [0.15, 0.2) is 33.9 Å². The van der Waals surface area contributed by atoms with Gasteiger partial charge >= 0.3 is 0 Å². The van der Waals surface area contributed by atoms with Crippen LogP contribution in [0.4, 0.5) is 0 Å². The number of rotatable bonds is 8. The Morgan fingerprint density at radius 2 is 2.00 bits per heavy atom. The van der Waals surface area contributed by atoms with E-state index in [0.29, 0.717) is 17.5 Å². The van der Waals surface area contributed by atoms with E-state index in [2.05, 4.69) is 20.8 Å². The molecule has 134 valence electrons. The summed E-state index contributed by atoms with van der Waals surface area (Å²) in [6, 6.07) is 6.41. The van der Waals surface area contributed by atoms with Gasteiger partial charge in [0, 0.05) is 17.1 Å². The molecule has 1 heterocycles. The molecule has 2 rings (SSSR count). The zero-order chi connectivity index (χ0) is 18.2. The summed E-state index contributed by atoms with van der Waals surface area (Å²) in [5.74, 6) is -0.0570. The zero-order valence-electron chi connectivity index (χ0n) is 13.9. The van der Waals surface area contributed by atoms with Crippen LogP contribution in [-0.4, -0.2) is 40.4 Å². The summed E-state index contributed by atoms with van der Waals surface area (Å²) in [6.45, 7) is 4.19. The smallest absolute Gasteiger partial charge is 0.277 e. The monoisotopic (exact) mass is 382 g/mol. The first-order chi connectivity index (χ1) is 12.0. The van der Waals surface area contributed by atoms with Gasteiger partial charge in [0.15, 0.2) is 0 Å². The van der Waals surface area contributed by atoms with Gasteiger partial charge in [-0.25, -0.2) is 0 Å². The van der Waals surface area contributed by atoms with Crippen molar-refractivity contribution in [3.8, 4) is 11.5 Å². The summed E-state index contributed by atoms with van der Waals surface area (Å²) in [6.07, 6.45) is 0.843. The summed E-state index contributed by atoms with van der Waals surface area (Å²) in [4.78, 5) is 23.6. The number of aromatic nitrogens is 2. The molecule has 25 heavy (non-hydrogen) atoms. The Balaban J connectivity index is 1.82. The number of hydrogen-bond donors (Lipinski definition) is 2. The molecule has 0 fully saturated rings. The number of benzene rings is 1. The Morgan fingerprint density at radius 1 is 1.28 bits per heavy atom. The molecule has 0 radical (unpaired) electrons. The first-order valence-electron chi connectivity index (χ1n) is 7.79. The third-order valence-electron chi connectivity index (χ3n) is 3.14. The maximum Gasteiger partial charge on any atom is 0.277 e. The second-order valence-corrected chi connectivity index (χ2v) is 6.61. The van der Waals surface area contributed by atoms with Crippen molar-refractivity contribution < 1.29 is 14.0 Å². The minimum atomic E-state index is -0.591. The highest BCUT2D eigenvalue weighted by Crippen LogP contribution is 2.24. The standard InChI is InChI=1S/C16H19ClN4O3S/c1-3-8-18-14(23)10(2)19-13(22)9-25-16-21-20-15(24-16)11-4-6-12(17)7-5-11/h4-7,10H,3,8-9H2,1-2H3,(H,18,23)(H,19,22)/t10-/m0/s1. The summed E-state index contributed by atoms with van der Waals surface area (Å²) in [7, 11) is 0. The molecule has 0 saturated heterocycles. The molecule has 0 saturated carbocycles. The largest absolute Gasteiger partial charge is 0.411 e. The molecule has 7 nitrogen and oxygen atoms in total. The summed E-state index contributed by atoms with van der Waals surface area (Å²) in [5.41, 5.74) is 0.745. The van der Waals surface area contributed by atoms with E-state index in [9.17, 15) is 9.59 Å². The van der Waals surface area contributed by atoms with Crippen molar-refractivity contribution in [1.29, 1.82) is 0 Å². The van der Waals surface area contributed by atoms with E-state index in [-0.39, 0.29) is 22.8 Å². The van der Waals surface area contributed by atoms with Gasteiger partial charge < -0.3 is 15.1 Å². The number of thioether (sulfide) groups is 1. The molecule has 0 aliphatic carbocycles. The highest BCUT2D eigenvalue weighted by molar-refractivity contribution is 7.99. The van der Waals surface area contributed by atoms with E-state index < -0.39 is 6.04 Å². The van der Waals surface area contributed by atoms with E-state index >= 15 is 0 Å². The van der Waals surface area contributed by atoms with Crippen LogP contribution in [0.1, 0.15) is 20.3 Å². The Morgan fingerprint density at radius 3 is 2.68 bits per heavy atom. The van der Waals surface area contributed by atoms with Crippen molar-refractivity contribution in [1.82, 2.24) is 20.8 Å². The van der Waals surface area contributed by atoms with Crippen LogP contribution in [0.5, 0.6) is 0 Å². The van der Waals surface area contributed by atoms with E-state index in [4.69, 9.17) is 16.0 Å². The lowest BCUT2D eigenvalue weighted by molar-refractivity contribution is -0.127. The third-order valence-corrected chi connectivity index (χ3v) is 4.21. The van der Waals surface area contributed by atoms with Crippen molar-refractivity contribution in [3.05, 3.63) is 29.3 Å². The summed E-state index contributed by atoms with van der Waals surface area (Å²) >= 11 is 6.95. The van der Waals surface area contributed by atoms with Crippen LogP contribution in [0, 0.1) is 0 Å². The van der Waals surface area contributed by atoms with Crippen molar-refractivity contribution in [2.75, 3.05) is 12.3 Å². The lowest BCUT2D eigenvalue weighted by atomic mass is 10.2. The summed E-state index contributed by atoms with van der Waals surface area (Å²) in [5, 5.41) is 14.1. The van der Waals surface area contributed by atoms with E-state index in [1.54, 1.807) is 31.2 Å². The molecule has 9 heteroatoms. The van der Waals surface area contributed by atoms with Crippen LogP contribution >= 0.6 is 23.4 Å². The number of hydrogen-bond acceptors (Lipinski definition) is 6. The molecule has 1 atom stereocenters. The van der Waals surface area contributed by atoms with Crippen molar-refractivity contribution >= 4 is 35.2 Å². The van der Waals surface area contributed by atoms with Gasteiger partial charge in [-0.2, -0.15) is 0 Å². The fourth-order valence-corrected chi connectivity index (χ4v) is 2.55. The molecule has 1 aromatic heterocycles. The predicted octanol–water partition coefficient (Wildman–Crippen LogP) is 2.51. The molecule has 2 amide bonds. The van der Waals surface area contributed by atoms with Gasteiger partial charge in [0.1, 0.15) is 6.04 Å². The second-order valence-electron chi connectivity index (χ2n) is 5.25. The SMILES string of the molecule is CCCNC(=O)[C@H](C)NC(=O)CSc1nnc(-c2ccc(Cl)cc2)o1. The van der Waals surface area contributed by atoms with Crippen LogP contribution in [0.2, 0.25) is 5.02 Å². The molecule has 1 aromatic carbocycles. The van der Waals surface area contributed by atoms with E-state index in [0.717, 1.165) is 23.7 Å². The van der Waals surface area contributed by atoms with Crippen molar-refractivity contribution in [3.63, 3.8) is 0 Å². The van der Waals surface area contributed by atoms with Gasteiger partial charge in [0.05, 0.1) is 5.75 Å². The van der Waals surface area contributed by atoms with Gasteiger partial charge in [0.25, 0.3) is 5.22 Å². The van der Waals surface area contributed by atoms with Crippen LogP contribution < -0.4 is 10.6 Å². The topological polar surface area (TPSA) is 97.1 Å². The van der Waals surface area contributed by atoms with Crippen molar-refractivity contribution in [2.45, 2.75) is 31.5 Å². The Bertz CT molecular complexity index is 720. The average molecular weight is 383 g/mol. The van der Waals surface area contributed by atoms with Gasteiger partial charge in [-0.1, -0.05) is 30.3 Å². The fraction of sp³-hybridized carbons (Fsp3) is 0.375. The van der Waals surface area contributed by atoms with E-state index in [1.807, 2.05) is 6.92 Å². The second kappa shape index (κ2) is 9.43. The first-order valence-corrected chi connectivity index (χ1v) is 9.15. The predicted molar refractivity (Wildman–Crippen MR) is 96.4 cm³/mol. The molecule has 0 unspecified atom stereocenters. The third kappa shape index (κ3) is 6.06. The van der Waals surface area contributed by atoms with E-state index in [1.165, 1.54) is 0 Å². The quantitative estimate of drug-likeness (QED) is 0.681. The lowest BCUT2D eigenvalue weighted by Crippen LogP contribution is -2.45. The summed E-state index contributed by atoms with van der Waals surface area (Å²) < 4.78 is 5.50. The molecule has 0 aliphatic rings. The van der Waals surface area contributed by atoms with Crippen LogP contribution in [0.3, 0.4) is 0 Å². The Labute approximate surface area is 154 Å². The van der Waals surface area contributed by atoms with Crippen LogP contribution in [-0.2, 0) is 9.59 Å². The normalized spacial score (nSPS) is 11.8. The molecule has 2 N–H and O–H groups in total. The lowest BCUT2D eigenvalue weighted by Gasteiger charge is -2.13. The van der Waals surface area contributed by atoms with Gasteiger partial charge in [0.2, 0.25) is 17.7 Å². The highest BCUT2D eigenvalue weighted by atomic mass is 35.5. The minimum absolute atomic E-state index is 0.0770. The Kier molecular flexibility index (Phi) is 7.27. The Hall–Kier alpha value is -2.06. The van der Waals surface area contributed by atoms with Crippen molar-refractivity contribution in [2.24, 2.45) is 0 Å². The maximum absolute atomic E-state index is 11.9. The highest BCUT2D eigenvalue weighted by Gasteiger charge is 2.16.